The minimum atomic E-state index is -0.377. The summed E-state index contributed by atoms with van der Waals surface area (Å²) in [6, 6.07) is 5.40. The van der Waals surface area contributed by atoms with Gasteiger partial charge in [0.05, 0.1) is 13.2 Å². The van der Waals surface area contributed by atoms with Crippen LogP contribution in [0.1, 0.15) is 12.5 Å². The quantitative estimate of drug-likeness (QED) is 0.791. The number of benzene rings is 1. The molecule has 0 spiro atoms. The van der Waals surface area contributed by atoms with Crippen LogP contribution in [0.15, 0.2) is 18.2 Å². The molecule has 0 aliphatic heterocycles. The number of aromatic hydroxyl groups is 1. The van der Waals surface area contributed by atoms with E-state index in [1.165, 1.54) is 7.11 Å². The van der Waals surface area contributed by atoms with Crippen molar-refractivity contribution >= 4 is 0 Å². The highest BCUT2D eigenvalue weighted by Crippen LogP contribution is 2.29. The zero-order valence-corrected chi connectivity index (χ0v) is 9.97. The van der Waals surface area contributed by atoms with Crippen molar-refractivity contribution in [2.24, 2.45) is 0 Å². The molecular weight excluding hydrogens is 206 g/mol. The van der Waals surface area contributed by atoms with Crippen LogP contribution in [0.3, 0.4) is 0 Å². The Morgan fingerprint density at radius 1 is 1.44 bits per heavy atom. The van der Waals surface area contributed by atoms with Crippen LogP contribution in [0.5, 0.6) is 11.5 Å². The van der Waals surface area contributed by atoms with Crippen LogP contribution in [0.2, 0.25) is 0 Å². The first-order valence-corrected chi connectivity index (χ1v) is 5.26. The van der Waals surface area contributed by atoms with Gasteiger partial charge in [0.2, 0.25) is 0 Å². The molecule has 0 amide bonds. The van der Waals surface area contributed by atoms with Crippen molar-refractivity contribution in [1.29, 1.82) is 0 Å². The van der Waals surface area contributed by atoms with Gasteiger partial charge in [-0.15, -0.1) is 0 Å². The summed E-state index contributed by atoms with van der Waals surface area (Å²) < 4.78 is 5.03. The number of aliphatic hydroxyl groups is 1. The van der Waals surface area contributed by atoms with E-state index in [2.05, 4.69) is 0 Å². The predicted molar refractivity (Wildman–Crippen MR) is 62.7 cm³/mol. The fourth-order valence-electron chi connectivity index (χ4n) is 1.67. The molecule has 16 heavy (non-hydrogen) atoms. The van der Waals surface area contributed by atoms with Gasteiger partial charge in [-0.3, -0.25) is 4.90 Å². The Kier molecular flexibility index (Phi) is 4.58. The lowest BCUT2D eigenvalue weighted by Gasteiger charge is -2.19. The lowest BCUT2D eigenvalue weighted by Crippen LogP contribution is -2.26. The van der Waals surface area contributed by atoms with E-state index in [1.807, 2.05) is 24.1 Å². The zero-order chi connectivity index (χ0) is 12.1. The monoisotopic (exact) mass is 225 g/mol. The number of phenolic OH excluding ortho intramolecular Hbond substituents is 1. The average Bonchev–Trinajstić information content (AvgIpc) is 2.20. The third-order valence-corrected chi connectivity index (χ3v) is 2.32. The van der Waals surface area contributed by atoms with Gasteiger partial charge in [0.1, 0.15) is 0 Å². The molecule has 0 bridgehead atoms. The second kappa shape index (κ2) is 5.72. The molecule has 90 valence electrons. The van der Waals surface area contributed by atoms with Crippen LogP contribution in [0.25, 0.3) is 0 Å². The summed E-state index contributed by atoms with van der Waals surface area (Å²) in [6.45, 7) is 2.88. The average molecular weight is 225 g/mol. The number of aliphatic hydroxyl groups excluding tert-OH is 1. The third-order valence-electron chi connectivity index (χ3n) is 2.32. The van der Waals surface area contributed by atoms with Crippen LogP contribution in [-0.4, -0.2) is 41.9 Å². The van der Waals surface area contributed by atoms with Crippen molar-refractivity contribution in [1.82, 2.24) is 4.90 Å². The Balaban J connectivity index is 2.73. The Labute approximate surface area is 96.1 Å². The van der Waals surface area contributed by atoms with Crippen molar-refractivity contribution < 1.29 is 14.9 Å². The van der Waals surface area contributed by atoms with Crippen LogP contribution in [-0.2, 0) is 6.54 Å². The SMILES string of the molecule is COc1cccc(CN(C)CC(C)O)c1O. The van der Waals surface area contributed by atoms with Crippen molar-refractivity contribution in [3.05, 3.63) is 23.8 Å². The van der Waals surface area contributed by atoms with Gasteiger partial charge >= 0.3 is 0 Å². The molecule has 0 heterocycles. The van der Waals surface area contributed by atoms with Crippen LogP contribution in [0.4, 0.5) is 0 Å². The van der Waals surface area contributed by atoms with E-state index in [-0.39, 0.29) is 11.9 Å². The van der Waals surface area contributed by atoms with Crippen molar-refractivity contribution in [2.45, 2.75) is 19.6 Å². The molecule has 1 rings (SSSR count). The zero-order valence-electron chi connectivity index (χ0n) is 9.97. The summed E-state index contributed by atoms with van der Waals surface area (Å²) in [5.41, 5.74) is 0.794. The van der Waals surface area contributed by atoms with Gasteiger partial charge in [0, 0.05) is 18.7 Å². The van der Waals surface area contributed by atoms with Gasteiger partial charge in [-0.1, -0.05) is 12.1 Å². The molecule has 1 aromatic rings. The van der Waals surface area contributed by atoms with Gasteiger partial charge in [-0.05, 0) is 20.0 Å². The number of phenols is 1. The normalized spacial score (nSPS) is 12.8. The highest BCUT2D eigenvalue weighted by atomic mass is 16.5. The number of ether oxygens (including phenoxy) is 1. The first-order valence-electron chi connectivity index (χ1n) is 5.26. The number of hydrogen-bond donors (Lipinski definition) is 2. The maximum atomic E-state index is 9.86. The van der Waals surface area contributed by atoms with Crippen LogP contribution in [0, 0.1) is 0 Å². The van der Waals surface area contributed by atoms with Crippen LogP contribution < -0.4 is 4.74 Å². The lowest BCUT2D eigenvalue weighted by atomic mass is 10.1. The maximum Gasteiger partial charge on any atom is 0.162 e. The molecule has 1 aromatic carbocycles. The summed E-state index contributed by atoms with van der Waals surface area (Å²) in [4.78, 5) is 1.94. The number of likely N-dealkylation sites (N-methyl/N-ethyl adjacent to an activating group) is 1. The summed E-state index contributed by atoms with van der Waals surface area (Å²) in [6.07, 6.45) is -0.377. The molecular formula is C12H19NO3. The largest absolute Gasteiger partial charge is 0.504 e. The van der Waals surface area contributed by atoms with Crippen molar-refractivity contribution in [2.75, 3.05) is 20.7 Å². The fourth-order valence-corrected chi connectivity index (χ4v) is 1.67. The van der Waals surface area contributed by atoms with Gasteiger partial charge < -0.3 is 14.9 Å². The first kappa shape index (κ1) is 12.8. The lowest BCUT2D eigenvalue weighted by molar-refractivity contribution is 0.138. The van der Waals surface area contributed by atoms with Crippen molar-refractivity contribution in [3.8, 4) is 11.5 Å². The van der Waals surface area contributed by atoms with Gasteiger partial charge in [0.15, 0.2) is 11.5 Å². The third kappa shape index (κ3) is 3.40. The van der Waals surface area contributed by atoms with Gasteiger partial charge in [0.25, 0.3) is 0 Å². The number of methoxy groups -OCH3 is 1. The highest BCUT2D eigenvalue weighted by Gasteiger charge is 2.10. The van der Waals surface area contributed by atoms with E-state index in [0.717, 1.165) is 5.56 Å². The summed E-state index contributed by atoms with van der Waals surface area (Å²) in [5, 5.41) is 19.1. The number of hydrogen-bond acceptors (Lipinski definition) is 4. The highest BCUT2D eigenvalue weighted by molar-refractivity contribution is 5.45. The Hall–Kier alpha value is -1.26. The first-order chi connectivity index (χ1) is 7.54. The minimum absolute atomic E-state index is 0.169. The predicted octanol–water partition coefficient (Wildman–Crippen LogP) is 1.21. The maximum absolute atomic E-state index is 9.86. The topological polar surface area (TPSA) is 52.9 Å². The molecule has 0 aliphatic carbocycles. The van der Waals surface area contributed by atoms with Crippen LogP contribution >= 0.6 is 0 Å². The standard InChI is InChI=1S/C12H19NO3/c1-9(14)7-13(2)8-10-5-4-6-11(16-3)12(10)15/h4-6,9,14-15H,7-8H2,1-3H3. The molecule has 2 N–H and O–H groups in total. The van der Waals surface area contributed by atoms with Gasteiger partial charge in [-0.25, -0.2) is 0 Å². The molecule has 0 saturated carbocycles. The minimum Gasteiger partial charge on any atom is -0.504 e. The van der Waals surface area contributed by atoms with E-state index in [1.54, 1.807) is 13.0 Å². The summed E-state index contributed by atoms with van der Waals surface area (Å²) >= 11 is 0. The van der Waals surface area contributed by atoms with E-state index in [0.29, 0.717) is 18.8 Å². The molecule has 0 aromatic heterocycles. The summed E-state index contributed by atoms with van der Waals surface area (Å²) in [7, 11) is 3.42. The smallest absolute Gasteiger partial charge is 0.162 e. The van der Waals surface area contributed by atoms with E-state index in [9.17, 15) is 10.2 Å². The fraction of sp³-hybridized carbons (Fsp3) is 0.500. The molecule has 0 radical (unpaired) electrons. The van der Waals surface area contributed by atoms with Crippen molar-refractivity contribution in [3.63, 3.8) is 0 Å². The second-order valence-electron chi connectivity index (χ2n) is 4.01. The molecule has 4 nitrogen and oxygen atoms in total. The molecule has 1 unspecified atom stereocenters. The number of rotatable bonds is 5. The number of nitrogens with zero attached hydrogens (tertiary/aromatic N) is 1. The second-order valence-corrected chi connectivity index (χ2v) is 4.01. The molecule has 1 atom stereocenters. The number of para-hydroxylation sites is 1. The Bertz CT molecular complexity index is 339. The van der Waals surface area contributed by atoms with E-state index >= 15 is 0 Å². The molecule has 4 heteroatoms. The molecule has 0 saturated heterocycles. The molecule has 0 fully saturated rings. The summed E-state index contributed by atoms with van der Waals surface area (Å²) in [5.74, 6) is 0.644. The van der Waals surface area contributed by atoms with Gasteiger partial charge in [-0.2, -0.15) is 0 Å². The Morgan fingerprint density at radius 3 is 2.69 bits per heavy atom. The molecule has 0 aliphatic rings. The van der Waals surface area contributed by atoms with E-state index in [4.69, 9.17) is 4.74 Å². The van der Waals surface area contributed by atoms with E-state index < -0.39 is 0 Å². The Morgan fingerprint density at radius 2 is 2.12 bits per heavy atom.